The van der Waals surface area contributed by atoms with Gasteiger partial charge in [0, 0.05) is 83.0 Å². The molecule has 1 aliphatic rings. The maximum Gasteiger partial charge on any atom is 0.143 e. The maximum absolute atomic E-state index is 7.37. The zero-order valence-corrected chi connectivity index (χ0v) is 57.0. The summed E-state index contributed by atoms with van der Waals surface area (Å²) in [4.78, 5) is 4.73. The van der Waals surface area contributed by atoms with Crippen molar-refractivity contribution in [2.24, 2.45) is 0 Å². The predicted octanol–water partition coefficient (Wildman–Crippen LogP) is 27.7. The molecule has 0 amide bonds. The minimum absolute atomic E-state index is 0.173. The highest BCUT2D eigenvalue weighted by atomic mass is 16.3. The summed E-state index contributed by atoms with van der Waals surface area (Å²) >= 11 is 0. The highest BCUT2D eigenvalue weighted by molar-refractivity contribution is 6.24. The maximum atomic E-state index is 7.37. The van der Waals surface area contributed by atoms with Crippen molar-refractivity contribution in [2.75, 3.05) is 9.80 Å². The molecule has 0 N–H and O–H groups in total. The van der Waals surface area contributed by atoms with Gasteiger partial charge in [-0.05, 0) is 198 Å². The van der Waals surface area contributed by atoms with Crippen LogP contribution in [-0.2, 0) is 5.41 Å². The zero-order valence-electron chi connectivity index (χ0n) is 57.0. The van der Waals surface area contributed by atoms with Crippen LogP contribution in [0, 0.1) is 0 Å². The smallest absolute Gasteiger partial charge is 0.143 e. The van der Waals surface area contributed by atoms with E-state index in [0.29, 0.717) is 0 Å². The number of nitrogens with zero attached hydrogens (tertiary/aromatic N) is 3. The molecule has 0 bridgehead atoms. The molecule has 3 heterocycles. The molecule has 103 heavy (non-hydrogen) atoms. The number of aromatic nitrogens is 1. The second kappa shape index (κ2) is 24.0. The Morgan fingerprint density at radius 1 is 0.233 bits per heavy atom. The van der Waals surface area contributed by atoms with E-state index < -0.39 is 0 Å². The van der Waals surface area contributed by atoms with Crippen molar-refractivity contribution < 1.29 is 4.42 Å². The van der Waals surface area contributed by atoms with Gasteiger partial charge in [0.25, 0.3) is 0 Å². The van der Waals surface area contributed by atoms with Crippen LogP contribution in [0.5, 0.6) is 0 Å². The number of hydrogen-bond donors (Lipinski definition) is 0. The first kappa shape index (κ1) is 59.7. The second-order valence-electron chi connectivity index (χ2n) is 28.0. The van der Waals surface area contributed by atoms with Gasteiger partial charge in [0.1, 0.15) is 11.2 Å². The third kappa shape index (κ3) is 9.97. The van der Waals surface area contributed by atoms with Gasteiger partial charge in [-0.3, -0.25) is 0 Å². The summed E-state index contributed by atoms with van der Waals surface area (Å²) in [5, 5.41) is 7.31. The van der Waals surface area contributed by atoms with Gasteiger partial charge in [0.05, 0.1) is 16.6 Å². The molecule has 16 aromatic carbocycles. The molecule has 0 saturated heterocycles. The first-order chi connectivity index (χ1) is 50.8. The van der Waals surface area contributed by atoms with Crippen molar-refractivity contribution in [2.45, 2.75) is 19.3 Å². The van der Waals surface area contributed by atoms with Crippen molar-refractivity contribution in [1.82, 2.24) is 4.40 Å². The van der Waals surface area contributed by atoms with Crippen LogP contribution in [0.15, 0.2) is 374 Å². The van der Waals surface area contributed by atoms with Crippen LogP contribution in [0.2, 0.25) is 0 Å². The molecule has 20 rings (SSSR count). The lowest BCUT2D eigenvalue weighted by molar-refractivity contribution is 0.653. The van der Waals surface area contributed by atoms with E-state index in [2.05, 4.69) is 398 Å². The number of anilines is 6. The Kier molecular flexibility index (Phi) is 13.9. The quantitative estimate of drug-likeness (QED) is 0.115. The summed E-state index contributed by atoms with van der Waals surface area (Å²) in [5.41, 5.74) is 33.0. The Balaban J connectivity index is 0.658. The molecular formula is C99H67N3O. The van der Waals surface area contributed by atoms with Gasteiger partial charge >= 0.3 is 0 Å². The lowest BCUT2D eigenvalue weighted by Crippen LogP contribution is -2.14. The molecule has 0 aliphatic heterocycles. The molecular weight excluding hydrogens is 1250 g/mol. The number of fused-ring (bicyclic) bond motifs is 13. The lowest BCUT2D eigenvalue weighted by Gasteiger charge is -2.26. The molecule has 1 aliphatic carbocycles. The van der Waals surface area contributed by atoms with Crippen LogP contribution in [0.4, 0.5) is 34.1 Å². The van der Waals surface area contributed by atoms with E-state index in [-0.39, 0.29) is 5.41 Å². The fourth-order valence-corrected chi connectivity index (χ4v) is 16.6. The van der Waals surface area contributed by atoms with Crippen LogP contribution >= 0.6 is 0 Å². The highest BCUT2D eigenvalue weighted by Gasteiger charge is 2.38. The van der Waals surface area contributed by atoms with Crippen LogP contribution in [0.1, 0.15) is 25.0 Å². The topological polar surface area (TPSA) is 24.0 Å². The zero-order chi connectivity index (χ0) is 68.3. The normalized spacial score (nSPS) is 12.4. The molecule has 0 fully saturated rings. The minimum atomic E-state index is -0.173. The third-order valence-electron chi connectivity index (χ3n) is 21.8. The van der Waals surface area contributed by atoms with Crippen molar-refractivity contribution in [1.29, 1.82) is 0 Å². The third-order valence-corrected chi connectivity index (χ3v) is 21.8. The van der Waals surface area contributed by atoms with Crippen LogP contribution in [-0.4, -0.2) is 4.40 Å². The van der Waals surface area contributed by atoms with Gasteiger partial charge < -0.3 is 18.6 Å². The summed E-state index contributed by atoms with van der Waals surface area (Å²) in [6.45, 7) is 4.67. The van der Waals surface area contributed by atoms with Crippen molar-refractivity contribution in [3.63, 3.8) is 0 Å². The molecule has 484 valence electrons. The van der Waals surface area contributed by atoms with E-state index in [0.717, 1.165) is 89.4 Å². The first-order valence-electron chi connectivity index (χ1n) is 35.6. The Hall–Kier alpha value is -13.3. The largest absolute Gasteiger partial charge is 0.455 e. The molecule has 4 heteroatoms. The summed E-state index contributed by atoms with van der Waals surface area (Å²) < 4.78 is 9.81. The van der Waals surface area contributed by atoms with Crippen LogP contribution < -0.4 is 9.80 Å². The standard InChI is InChI=1S/C99H67N3O/c1-99(2)91-27-15-12-26-86(91)95-92(99)59-58-85-90-63-75(60-87(97(90)103-98(85)95)74-44-56-82(57-45-74)101(78-48-36-69(37-49-78)65-20-8-4-9-21-65)79-50-38-70(39-51-79)66-22-10-5-11-23-66)72-32-30-67(31-33-72)71-40-52-80(53-41-71)100(77-46-34-68(35-47-77)64-18-6-3-7-19-64)81-54-42-73(43-55-81)76-61-88-83-24-13-16-28-93(83)102-94-29-17-14-25-84(94)89(62-76)96(88)102/h3-63H,1-2H3. The number of benzene rings is 16. The second-order valence-corrected chi connectivity index (χ2v) is 28.0. The Morgan fingerprint density at radius 2 is 0.563 bits per heavy atom. The fraction of sp³-hybridized carbons (Fsp3) is 0.0303. The molecule has 0 unspecified atom stereocenters. The fourth-order valence-electron chi connectivity index (χ4n) is 16.6. The van der Waals surface area contributed by atoms with Crippen molar-refractivity contribution in [3.05, 3.63) is 381 Å². The monoisotopic (exact) mass is 1310 g/mol. The number of rotatable bonds is 13. The number of para-hydroxylation sites is 2. The molecule has 0 saturated carbocycles. The SMILES string of the molecule is CC1(C)c2ccccc2-c2c1ccc1c2oc2c(-c3ccc(N(c4ccc(-c5ccccc5)cc4)c4ccc(-c5ccccc5)cc4)cc3)cc(-c3ccc(-c4ccc(N(c5ccc(-c6ccccc6)cc5)c5ccc(-c6cc7c8ccccc8n8c9ccccc9c(c6)c78)cc5)cc4)cc3)cc21. The molecule has 0 spiro atoms. The average molecular weight is 1310 g/mol. The van der Waals surface area contributed by atoms with Crippen molar-refractivity contribution >= 4 is 94.2 Å². The lowest BCUT2D eigenvalue weighted by atomic mass is 9.82. The summed E-state index contributed by atoms with van der Waals surface area (Å²) in [6.07, 6.45) is 0. The summed E-state index contributed by atoms with van der Waals surface area (Å²) in [7, 11) is 0. The number of hydrogen-bond acceptors (Lipinski definition) is 3. The van der Waals surface area contributed by atoms with Gasteiger partial charge in [-0.2, -0.15) is 0 Å². The first-order valence-corrected chi connectivity index (χ1v) is 35.6. The summed E-state index contributed by atoms with van der Waals surface area (Å²) in [6, 6.07) is 136. The molecule has 19 aromatic rings. The van der Waals surface area contributed by atoms with E-state index in [4.69, 9.17) is 4.42 Å². The Bertz CT molecular complexity index is 6250. The van der Waals surface area contributed by atoms with Gasteiger partial charge in [-0.15, -0.1) is 0 Å². The van der Waals surface area contributed by atoms with Gasteiger partial charge in [0.2, 0.25) is 0 Å². The predicted molar refractivity (Wildman–Crippen MR) is 433 cm³/mol. The van der Waals surface area contributed by atoms with E-state index in [1.54, 1.807) is 0 Å². The van der Waals surface area contributed by atoms with E-state index in [1.165, 1.54) is 105 Å². The minimum Gasteiger partial charge on any atom is -0.455 e. The average Bonchev–Trinajstić information content (AvgIpc) is 1.55. The van der Waals surface area contributed by atoms with E-state index in [9.17, 15) is 0 Å². The van der Waals surface area contributed by atoms with Gasteiger partial charge in [-0.25, -0.2) is 0 Å². The van der Waals surface area contributed by atoms with E-state index >= 15 is 0 Å². The van der Waals surface area contributed by atoms with Crippen molar-refractivity contribution in [3.8, 4) is 89.0 Å². The Labute approximate surface area is 598 Å². The van der Waals surface area contributed by atoms with E-state index in [1.807, 2.05) is 0 Å². The molecule has 3 aromatic heterocycles. The summed E-state index contributed by atoms with van der Waals surface area (Å²) in [5.74, 6) is 0. The molecule has 0 atom stereocenters. The molecule has 4 nitrogen and oxygen atoms in total. The Morgan fingerprint density at radius 3 is 0.990 bits per heavy atom. The van der Waals surface area contributed by atoms with Crippen LogP contribution in [0.3, 0.4) is 0 Å². The highest BCUT2D eigenvalue weighted by Crippen LogP contribution is 2.54. The van der Waals surface area contributed by atoms with Gasteiger partial charge in [0.15, 0.2) is 0 Å². The van der Waals surface area contributed by atoms with Crippen LogP contribution in [0.25, 0.3) is 149 Å². The molecule has 0 radical (unpaired) electrons. The number of furan rings is 1. The van der Waals surface area contributed by atoms with Gasteiger partial charge in [-0.1, -0.05) is 275 Å².